The van der Waals surface area contributed by atoms with Gasteiger partial charge in [-0.2, -0.15) is 0 Å². The molecule has 5 rings (SSSR count). The number of Topliss-reactive ketones (excluding diaryl/α,β-unsaturated/α-hetero) is 2. The first-order valence-electron chi connectivity index (χ1n) is 14.3. The minimum Gasteiger partial charge on any atom is -0.354 e. The molecule has 2 aliphatic rings. The number of allylic oxidation sites excluding steroid dienone is 4. The van der Waals surface area contributed by atoms with Gasteiger partial charge in [-0.1, -0.05) is 18.6 Å². The van der Waals surface area contributed by atoms with E-state index in [-0.39, 0.29) is 11.6 Å². The smallest absolute Gasteiger partial charge is 0.163 e. The number of ketones is 2. The van der Waals surface area contributed by atoms with Crippen LogP contribution in [0.5, 0.6) is 0 Å². The first kappa shape index (κ1) is 27.1. The topological polar surface area (TPSA) is 67.2 Å². The van der Waals surface area contributed by atoms with E-state index in [2.05, 4.69) is 66.0 Å². The number of hydrogen-bond donors (Lipinski definition) is 1. The number of nitrogens with zero attached hydrogens (tertiary/aromatic N) is 3. The molecule has 1 aromatic carbocycles. The third kappa shape index (κ3) is 5.48. The first-order chi connectivity index (χ1) is 18.8. The monoisotopic (exact) mass is 524 g/mol. The molecule has 0 spiro atoms. The van der Waals surface area contributed by atoms with Crippen LogP contribution in [0.2, 0.25) is 0 Å². The SMILES string of the molecule is CC[C@H](C)n1cc(C)c2c(C(=O)CCC3=C(C)C=C(C)CC3=O)cc(-c3ccc(N4CCNCC4)nc3)cc21. The lowest BCUT2D eigenvalue weighted by atomic mass is 9.88. The molecule has 0 saturated carbocycles. The summed E-state index contributed by atoms with van der Waals surface area (Å²) in [5.74, 6) is 1.21. The predicted octanol–water partition coefficient (Wildman–Crippen LogP) is 6.59. The minimum atomic E-state index is 0.0802. The van der Waals surface area contributed by atoms with Gasteiger partial charge in [-0.3, -0.25) is 9.59 Å². The zero-order chi connectivity index (χ0) is 27.7. The summed E-state index contributed by atoms with van der Waals surface area (Å²) in [5, 5.41) is 4.41. The number of aryl methyl sites for hydroxylation is 1. The van der Waals surface area contributed by atoms with Gasteiger partial charge in [0.15, 0.2) is 11.6 Å². The Balaban J connectivity index is 1.53. The van der Waals surface area contributed by atoms with Crippen molar-refractivity contribution in [3.05, 3.63) is 70.6 Å². The molecule has 0 bridgehead atoms. The summed E-state index contributed by atoms with van der Waals surface area (Å²) in [4.78, 5) is 33.6. The molecule has 0 amide bonds. The highest BCUT2D eigenvalue weighted by atomic mass is 16.1. The Morgan fingerprint density at radius 3 is 2.54 bits per heavy atom. The molecule has 1 aliphatic heterocycles. The van der Waals surface area contributed by atoms with Gasteiger partial charge in [0.1, 0.15) is 5.82 Å². The average Bonchev–Trinajstić information content (AvgIpc) is 3.28. The van der Waals surface area contributed by atoms with Crippen LogP contribution in [-0.2, 0) is 4.79 Å². The number of benzene rings is 1. The van der Waals surface area contributed by atoms with Crippen molar-refractivity contribution < 1.29 is 9.59 Å². The van der Waals surface area contributed by atoms with E-state index in [1.54, 1.807) is 0 Å². The summed E-state index contributed by atoms with van der Waals surface area (Å²) in [7, 11) is 0. The van der Waals surface area contributed by atoms with Crippen LogP contribution in [0, 0.1) is 6.92 Å². The van der Waals surface area contributed by atoms with Crippen molar-refractivity contribution in [2.24, 2.45) is 0 Å². The second-order valence-electron chi connectivity index (χ2n) is 11.2. The molecule has 6 nitrogen and oxygen atoms in total. The standard InChI is InChI=1S/C33H40N4O2/c1-6-24(5)37-20-23(4)33-28(30(38)9-8-27-22(3)15-21(2)16-31(27)39)17-26(18-29(33)37)25-7-10-32(35-19-25)36-13-11-34-12-14-36/h7,10,15,17-20,24,34H,6,8-9,11-14,16H2,1-5H3/t24-/m0/s1. The van der Waals surface area contributed by atoms with Crippen molar-refractivity contribution in [2.45, 2.75) is 66.3 Å². The number of anilines is 1. The van der Waals surface area contributed by atoms with Crippen LogP contribution in [0.25, 0.3) is 22.0 Å². The van der Waals surface area contributed by atoms with Crippen LogP contribution in [-0.4, -0.2) is 47.3 Å². The molecular formula is C33H40N4O2. The first-order valence-corrected chi connectivity index (χ1v) is 14.3. The molecule has 0 unspecified atom stereocenters. The van der Waals surface area contributed by atoms with Crippen molar-refractivity contribution in [3.63, 3.8) is 0 Å². The third-order valence-corrected chi connectivity index (χ3v) is 8.33. The van der Waals surface area contributed by atoms with Gasteiger partial charge < -0.3 is 14.8 Å². The fourth-order valence-corrected chi connectivity index (χ4v) is 5.97. The number of rotatable bonds is 8. The largest absolute Gasteiger partial charge is 0.354 e. The molecule has 1 saturated heterocycles. The molecule has 1 fully saturated rings. The van der Waals surface area contributed by atoms with E-state index in [0.29, 0.717) is 25.3 Å². The zero-order valence-electron chi connectivity index (χ0n) is 23.9. The molecule has 1 aliphatic carbocycles. The molecule has 2 aromatic heterocycles. The summed E-state index contributed by atoms with van der Waals surface area (Å²) < 4.78 is 2.30. The van der Waals surface area contributed by atoms with Gasteiger partial charge in [0.25, 0.3) is 0 Å². The van der Waals surface area contributed by atoms with Crippen molar-refractivity contribution in [1.82, 2.24) is 14.9 Å². The quantitative estimate of drug-likeness (QED) is 0.337. The van der Waals surface area contributed by atoms with Gasteiger partial charge in [0.2, 0.25) is 0 Å². The number of nitrogens with one attached hydrogen (secondary N) is 1. The summed E-state index contributed by atoms with van der Waals surface area (Å²) >= 11 is 0. The number of carbonyl (C=O) groups is 2. The molecule has 3 heterocycles. The lowest BCUT2D eigenvalue weighted by Crippen LogP contribution is -2.43. The van der Waals surface area contributed by atoms with Gasteiger partial charge in [-0.05, 0) is 87.1 Å². The second kappa shape index (κ2) is 11.3. The van der Waals surface area contributed by atoms with E-state index >= 15 is 0 Å². The lowest BCUT2D eigenvalue weighted by molar-refractivity contribution is -0.115. The summed E-state index contributed by atoms with van der Waals surface area (Å²) in [5.41, 5.74) is 7.79. The Morgan fingerprint density at radius 1 is 1.10 bits per heavy atom. The van der Waals surface area contributed by atoms with Crippen LogP contribution in [0.4, 0.5) is 5.82 Å². The molecular weight excluding hydrogens is 484 g/mol. The summed E-state index contributed by atoms with van der Waals surface area (Å²) in [6.07, 6.45) is 8.43. The average molecular weight is 525 g/mol. The van der Waals surface area contributed by atoms with Crippen LogP contribution in [0.1, 0.15) is 75.3 Å². The normalized spacial score (nSPS) is 17.1. The highest BCUT2D eigenvalue weighted by Gasteiger charge is 2.22. The summed E-state index contributed by atoms with van der Waals surface area (Å²) in [6, 6.07) is 8.76. The van der Waals surface area contributed by atoms with Crippen molar-refractivity contribution in [1.29, 1.82) is 0 Å². The van der Waals surface area contributed by atoms with E-state index in [4.69, 9.17) is 4.98 Å². The number of carbonyl (C=O) groups excluding carboxylic acids is 2. The Morgan fingerprint density at radius 2 is 1.87 bits per heavy atom. The zero-order valence-corrected chi connectivity index (χ0v) is 23.9. The minimum absolute atomic E-state index is 0.0802. The fourth-order valence-electron chi connectivity index (χ4n) is 5.97. The lowest BCUT2D eigenvalue weighted by Gasteiger charge is -2.28. The van der Waals surface area contributed by atoms with Crippen molar-refractivity contribution in [3.8, 4) is 11.1 Å². The number of fused-ring (bicyclic) bond motifs is 1. The van der Waals surface area contributed by atoms with Crippen molar-refractivity contribution in [2.75, 3.05) is 31.1 Å². The number of aromatic nitrogens is 2. The fraction of sp³-hybridized carbons (Fsp3) is 0.424. The van der Waals surface area contributed by atoms with Gasteiger partial charge >= 0.3 is 0 Å². The van der Waals surface area contributed by atoms with E-state index in [9.17, 15) is 9.59 Å². The van der Waals surface area contributed by atoms with Crippen LogP contribution in [0.15, 0.2) is 59.5 Å². The molecule has 1 N–H and O–H groups in total. The predicted molar refractivity (Wildman–Crippen MR) is 160 cm³/mol. The maximum atomic E-state index is 13.8. The summed E-state index contributed by atoms with van der Waals surface area (Å²) in [6.45, 7) is 14.3. The highest BCUT2D eigenvalue weighted by molar-refractivity contribution is 6.11. The number of hydrogen-bond acceptors (Lipinski definition) is 5. The Hall–Kier alpha value is -3.51. The van der Waals surface area contributed by atoms with Crippen LogP contribution < -0.4 is 10.2 Å². The molecule has 204 valence electrons. The Bertz CT molecular complexity index is 1470. The highest BCUT2D eigenvalue weighted by Crippen LogP contribution is 2.35. The third-order valence-electron chi connectivity index (χ3n) is 8.33. The van der Waals surface area contributed by atoms with Crippen LogP contribution in [0.3, 0.4) is 0 Å². The molecule has 0 radical (unpaired) electrons. The van der Waals surface area contributed by atoms with Gasteiger partial charge in [0.05, 0.1) is 0 Å². The molecule has 3 aromatic rings. The molecule has 6 heteroatoms. The maximum absolute atomic E-state index is 13.8. The van der Waals surface area contributed by atoms with E-state index in [0.717, 1.165) is 88.3 Å². The number of piperazine rings is 1. The van der Waals surface area contributed by atoms with E-state index in [1.807, 2.05) is 26.1 Å². The molecule has 1 atom stereocenters. The van der Waals surface area contributed by atoms with Crippen LogP contribution >= 0.6 is 0 Å². The van der Waals surface area contributed by atoms with Crippen molar-refractivity contribution >= 4 is 28.3 Å². The Labute approximate surface area is 231 Å². The Kier molecular flexibility index (Phi) is 7.85. The van der Waals surface area contributed by atoms with Gasteiger partial charge in [-0.25, -0.2) is 4.98 Å². The van der Waals surface area contributed by atoms with E-state index < -0.39 is 0 Å². The van der Waals surface area contributed by atoms with Gasteiger partial charge in [-0.15, -0.1) is 0 Å². The van der Waals surface area contributed by atoms with E-state index in [1.165, 1.54) is 0 Å². The number of pyridine rings is 1. The maximum Gasteiger partial charge on any atom is 0.163 e. The second-order valence-corrected chi connectivity index (χ2v) is 11.2. The van der Waals surface area contributed by atoms with Gasteiger partial charge in [0, 0.05) is 79.5 Å². The molecule has 39 heavy (non-hydrogen) atoms.